The quantitative estimate of drug-likeness (QED) is 0.164. The number of carbonyl (C=O) groups is 3. The third kappa shape index (κ3) is 6.26. The summed E-state index contributed by atoms with van der Waals surface area (Å²) in [6.45, 7) is 1.43. The monoisotopic (exact) mass is 554 g/mol. The van der Waals surface area contributed by atoms with Gasteiger partial charge in [0, 0.05) is 11.8 Å². The van der Waals surface area contributed by atoms with Crippen LogP contribution in [0.1, 0.15) is 23.6 Å². The van der Waals surface area contributed by atoms with Crippen molar-refractivity contribution in [2.45, 2.75) is 19.5 Å². The number of ether oxygens (including phenoxy) is 1. The summed E-state index contributed by atoms with van der Waals surface area (Å²) in [4.78, 5) is 48.7. The normalized spacial score (nSPS) is 14.3. The van der Waals surface area contributed by atoms with Crippen LogP contribution in [0.25, 0.3) is 6.08 Å². The molecule has 1 fully saturated rings. The molecule has 0 bridgehead atoms. The lowest BCUT2D eigenvalue weighted by Crippen LogP contribution is -2.38. The van der Waals surface area contributed by atoms with Crippen molar-refractivity contribution in [2.75, 3.05) is 11.9 Å². The van der Waals surface area contributed by atoms with Crippen LogP contribution in [0.15, 0.2) is 72.4 Å². The second kappa shape index (κ2) is 11.3. The molecule has 4 amide bonds. The minimum atomic E-state index is -4.76. The van der Waals surface area contributed by atoms with E-state index in [1.54, 1.807) is 12.1 Å². The number of carbonyl (C=O) groups excluding carboxylic acids is 3. The second-order valence-electron chi connectivity index (χ2n) is 8.55. The summed E-state index contributed by atoms with van der Waals surface area (Å²) in [5.74, 6) is -1.58. The first-order valence-electron chi connectivity index (χ1n) is 11.8. The molecule has 0 saturated carbocycles. The molecular weight excluding hydrogens is 533 g/mol. The van der Waals surface area contributed by atoms with Crippen molar-refractivity contribution < 1.29 is 37.2 Å². The molecule has 1 saturated heterocycles. The number of alkyl halides is 3. The first-order chi connectivity index (χ1) is 19.0. The van der Waals surface area contributed by atoms with Crippen LogP contribution in [0.5, 0.6) is 11.5 Å². The summed E-state index contributed by atoms with van der Waals surface area (Å²) in [5.41, 5.74) is -0.215. The number of nitrogens with zero attached hydrogens (tertiary/aromatic N) is 2. The van der Waals surface area contributed by atoms with Gasteiger partial charge in [-0.05, 0) is 54.0 Å². The Hall–Kier alpha value is -5.20. The van der Waals surface area contributed by atoms with Crippen LogP contribution < -0.4 is 15.4 Å². The van der Waals surface area contributed by atoms with E-state index in [9.17, 15) is 37.7 Å². The van der Waals surface area contributed by atoms with E-state index >= 15 is 0 Å². The zero-order valence-electron chi connectivity index (χ0n) is 20.8. The Kier molecular flexibility index (Phi) is 7.84. The number of imide groups is 1. The number of benzene rings is 3. The predicted molar refractivity (Wildman–Crippen MR) is 137 cm³/mol. The van der Waals surface area contributed by atoms with Gasteiger partial charge in [0.25, 0.3) is 5.91 Å². The average Bonchev–Trinajstić information content (AvgIpc) is 3.16. The van der Waals surface area contributed by atoms with Crippen molar-refractivity contribution in [3.05, 3.63) is 99.2 Å². The van der Waals surface area contributed by atoms with Crippen molar-refractivity contribution in [2.24, 2.45) is 0 Å². The number of aryl methyl sites for hydroxylation is 1. The molecule has 206 valence electrons. The standard InChI is InChI=1S/C27H21F3N4O6/c1-2-17-5-3-4-6-20(17)31-24(35)15-33-25(36)21(32-26(33)37)13-16-7-10-19(11-8-16)40-23-12-9-18(27(28,29)30)14-22(23)34(38)39/h3-14H,2,15H2,1H3,(H,31,35)(H,32,37)/b21-13+. The summed E-state index contributed by atoms with van der Waals surface area (Å²) in [7, 11) is 0. The molecule has 0 aromatic heterocycles. The van der Waals surface area contributed by atoms with Crippen LogP contribution in [-0.2, 0) is 22.2 Å². The van der Waals surface area contributed by atoms with E-state index in [1.807, 2.05) is 19.1 Å². The van der Waals surface area contributed by atoms with Gasteiger partial charge in [0.1, 0.15) is 18.0 Å². The minimum Gasteiger partial charge on any atom is -0.450 e. The van der Waals surface area contributed by atoms with Crippen LogP contribution in [-0.4, -0.2) is 34.2 Å². The predicted octanol–water partition coefficient (Wildman–Crippen LogP) is 5.50. The Morgan fingerprint density at radius 1 is 1.10 bits per heavy atom. The molecular formula is C27H21F3N4O6. The Labute approximate surface area is 225 Å². The molecule has 2 N–H and O–H groups in total. The molecule has 3 aromatic carbocycles. The summed E-state index contributed by atoms with van der Waals surface area (Å²) in [5, 5.41) is 16.4. The highest BCUT2D eigenvalue weighted by molar-refractivity contribution is 6.16. The fraction of sp³-hybridized carbons (Fsp3) is 0.148. The van der Waals surface area contributed by atoms with Gasteiger partial charge < -0.3 is 15.4 Å². The lowest BCUT2D eigenvalue weighted by Gasteiger charge is -2.13. The molecule has 4 rings (SSSR count). The van der Waals surface area contributed by atoms with Gasteiger partial charge in [-0.3, -0.25) is 19.7 Å². The topological polar surface area (TPSA) is 131 Å². The third-order valence-electron chi connectivity index (χ3n) is 5.84. The number of anilines is 1. The number of amides is 4. The molecule has 0 aliphatic carbocycles. The van der Waals surface area contributed by atoms with E-state index in [0.29, 0.717) is 29.8 Å². The number of hydrogen-bond donors (Lipinski definition) is 2. The van der Waals surface area contributed by atoms with E-state index < -0.39 is 52.5 Å². The number of nitrogens with one attached hydrogen (secondary N) is 2. The number of halogens is 3. The number of urea groups is 1. The van der Waals surface area contributed by atoms with Gasteiger partial charge in [0.15, 0.2) is 0 Å². The maximum atomic E-state index is 12.9. The maximum absolute atomic E-state index is 12.9. The first-order valence-corrected chi connectivity index (χ1v) is 11.8. The molecule has 13 heteroatoms. The molecule has 1 aliphatic heterocycles. The SMILES string of the molecule is CCc1ccccc1NC(=O)CN1C(=O)N/C(=C/c2ccc(Oc3ccc(C(F)(F)F)cc3[N+](=O)[O-])cc2)C1=O. The van der Waals surface area contributed by atoms with Crippen LogP contribution in [0.4, 0.5) is 29.3 Å². The average molecular weight is 554 g/mol. The Bertz CT molecular complexity index is 1520. The van der Waals surface area contributed by atoms with E-state index in [2.05, 4.69) is 10.6 Å². The fourth-order valence-corrected chi connectivity index (χ4v) is 3.85. The van der Waals surface area contributed by atoms with Gasteiger partial charge in [0.2, 0.25) is 11.7 Å². The number of rotatable bonds is 8. The molecule has 3 aromatic rings. The van der Waals surface area contributed by atoms with Crippen molar-refractivity contribution >= 4 is 35.3 Å². The van der Waals surface area contributed by atoms with Crippen molar-refractivity contribution in [3.63, 3.8) is 0 Å². The molecule has 0 spiro atoms. The van der Waals surface area contributed by atoms with Crippen molar-refractivity contribution in [1.29, 1.82) is 0 Å². The molecule has 0 unspecified atom stereocenters. The minimum absolute atomic E-state index is 0.0810. The number of nitro benzene ring substituents is 1. The largest absolute Gasteiger partial charge is 0.450 e. The van der Waals surface area contributed by atoms with E-state index in [0.717, 1.165) is 16.5 Å². The zero-order chi connectivity index (χ0) is 29.0. The van der Waals surface area contributed by atoms with Gasteiger partial charge >= 0.3 is 17.9 Å². The maximum Gasteiger partial charge on any atom is 0.416 e. The number of para-hydroxylation sites is 1. The molecule has 10 nitrogen and oxygen atoms in total. The van der Waals surface area contributed by atoms with Crippen LogP contribution >= 0.6 is 0 Å². The van der Waals surface area contributed by atoms with Gasteiger partial charge in [-0.2, -0.15) is 13.2 Å². The Morgan fingerprint density at radius 3 is 2.45 bits per heavy atom. The van der Waals surface area contributed by atoms with Gasteiger partial charge in [0.05, 0.1) is 10.5 Å². The summed E-state index contributed by atoms with van der Waals surface area (Å²) in [6, 6.07) is 14.0. The fourth-order valence-electron chi connectivity index (χ4n) is 3.85. The molecule has 1 heterocycles. The van der Waals surface area contributed by atoms with Crippen LogP contribution in [0.3, 0.4) is 0 Å². The van der Waals surface area contributed by atoms with Crippen LogP contribution in [0, 0.1) is 10.1 Å². The molecule has 40 heavy (non-hydrogen) atoms. The van der Waals surface area contributed by atoms with E-state index in [1.165, 1.54) is 30.3 Å². The molecule has 1 aliphatic rings. The van der Waals surface area contributed by atoms with E-state index in [-0.39, 0.29) is 11.4 Å². The lowest BCUT2D eigenvalue weighted by molar-refractivity contribution is -0.385. The molecule has 0 radical (unpaired) electrons. The summed E-state index contributed by atoms with van der Waals surface area (Å²) in [6.07, 6.45) is -2.72. The zero-order valence-corrected chi connectivity index (χ0v) is 20.8. The summed E-state index contributed by atoms with van der Waals surface area (Å²) >= 11 is 0. The highest BCUT2D eigenvalue weighted by atomic mass is 19.4. The molecule has 0 atom stereocenters. The Balaban J connectivity index is 1.44. The lowest BCUT2D eigenvalue weighted by atomic mass is 10.1. The first kappa shape index (κ1) is 27.8. The van der Waals surface area contributed by atoms with Gasteiger partial charge in [-0.15, -0.1) is 0 Å². The van der Waals surface area contributed by atoms with Crippen molar-refractivity contribution in [3.8, 4) is 11.5 Å². The second-order valence-corrected chi connectivity index (χ2v) is 8.55. The Morgan fingerprint density at radius 2 is 1.80 bits per heavy atom. The van der Waals surface area contributed by atoms with Crippen LogP contribution in [0.2, 0.25) is 0 Å². The highest BCUT2D eigenvalue weighted by Crippen LogP contribution is 2.38. The van der Waals surface area contributed by atoms with Gasteiger partial charge in [-0.1, -0.05) is 37.3 Å². The smallest absolute Gasteiger partial charge is 0.416 e. The van der Waals surface area contributed by atoms with Gasteiger partial charge in [-0.25, -0.2) is 9.69 Å². The van der Waals surface area contributed by atoms with Crippen molar-refractivity contribution in [1.82, 2.24) is 10.2 Å². The highest BCUT2D eigenvalue weighted by Gasteiger charge is 2.35. The third-order valence-corrected chi connectivity index (χ3v) is 5.84. The number of hydrogen-bond acceptors (Lipinski definition) is 6. The summed E-state index contributed by atoms with van der Waals surface area (Å²) < 4.78 is 44.2. The number of nitro groups is 1. The van der Waals surface area contributed by atoms with E-state index in [4.69, 9.17) is 4.74 Å².